The van der Waals surface area contributed by atoms with Gasteiger partial charge in [-0.25, -0.2) is 0 Å². The molecule has 9 rings (SSSR count). The third kappa shape index (κ3) is 18.7. The molecule has 0 radical (unpaired) electrons. The fraction of sp³-hybridized carbons (Fsp3) is 0.534. The number of nitrogens with one attached hydrogen (secondary N) is 7. The fourth-order valence-electron chi connectivity index (χ4n) is 14.2. The van der Waals surface area contributed by atoms with Crippen LogP contribution < -0.4 is 26.6 Å². The van der Waals surface area contributed by atoms with Crippen LogP contribution in [-0.4, -0.2) is 273 Å². The van der Waals surface area contributed by atoms with E-state index >= 15 is 19.2 Å². The monoisotopic (exact) mass is 1440 g/mol. The Morgan fingerprint density at radius 1 is 0.602 bits per heavy atom. The molecule has 5 aromatic rings. The van der Waals surface area contributed by atoms with Gasteiger partial charge in [0.2, 0.25) is 70.9 Å². The Labute approximate surface area is 603 Å². The molecule has 0 unspecified atom stereocenters. The molecule has 12 amide bonds. The number of H-pyrrole nitrogens is 2. The molecular formula is C73H97ClN14O15. The van der Waals surface area contributed by atoms with E-state index in [9.17, 15) is 48.6 Å². The number of rotatable bonds is 14. The summed E-state index contributed by atoms with van der Waals surface area (Å²) in [4.78, 5) is 193. The van der Waals surface area contributed by atoms with Crippen LogP contribution in [0.25, 0.3) is 21.8 Å². The third-order valence-corrected chi connectivity index (χ3v) is 20.6. The van der Waals surface area contributed by atoms with Crippen molar-refractivity contribution in [2.75, 3.05) is 86.8 Å². The standard InChI is InChI=1S/C73H97ClN14O15/c1-8-43(4)64-73(102)84(7)58(31-44-20-18-21-47(74)30-44)67(96)80-56(41-89)66(95)78-53(32-45-36-75-51-24-14-12-22-49(45)51)65(94)79-54(33-46-37-76-52-25-15-13-23-50(46)52)70(99)87-29-19-26-57(87)71(100)82(5)39-61(91)77-55(69(98)86-27-16-11-17-28-86)35-62(92)85(9-2)40-63(93)83(6)60(42-90)72(101)88-38-48(103-10-3)34-59(88)68(97)81-64/h12-15,18,20-25,30,36-37,43,48,53-60,64,75-76,89-90H,8-11,16-17,19,26-29,31-35,38-42H2,1-7H3,(H,77,91)(H,78,95)(H,79,94)(H,80,96)(H,81,97)/t43-,48+,53-,54-,55-,56-,57-,58-,59-,60-,64-/m0/s1. The average Bonchev–Trinajstić information content (AvgIpc) is 1.69. The molecule has 2 aromatic heterocycles. The predicted molar refractivity (Wildman–Crippen MR) is 381 cm³/mol. The van der Waals surface area contributed by atoms with Gasteiger partial charge in [-0.3, -0.25) is 57.5 Å². The number of para-hydroxylation sites is 2. The lowest BCUT2D eigenvalue weighted by atomic mass is 9.95. The predicted octanol–water partition coefficient (Wildman–Crippen LogP) is 1.16. The van der Waals surface area contributed by atoms with E-state index < -0.39 is 170 Å². The molecule has 3 aromatic carbocycles. The number of hydrogen-bond donors (Lipinski definition) is 9. The SMILES string of the molecule is CCO[C@@H]1C[C@H]2C(=O)N[C@@H]([C@@H](C)CC)C(=O)N(C)[C@@H](Cc3cccc(Cl)c3)C(=O)N[C@@H](CO)C(=O)N[C@@H](Cc3c[nH]c4ccccc34)C(=O)N[C@@H](Cc3c[nH]c4ccccc34)C(=O)N3CCC[C@H]3C(=O)N(C)CC(=O)N[C@H](C(=O)N3CCCCC3)CC(=O)N(CC)CC(=O)N(C)[C@@H](CO)C(=O)N2C1. The number of halogens is 1. The lowest BCUT2D eigenvalue weighted by molar-refractivity contribution is -0.151. The summed E-state index contributed by atoms with van der Waals surface area (Å²) < 4.78 is 5.96. The van der Waals surface area contributed by atoms with Crippen molar-refractivity contribution in [1.29, 1.82) is 0 Å². The highest BCUT2D eigenvalue weighted by molar-refractivity contribution is 6.30. The molecule has 4 aliphatic heterocycles. The number of fused-ring (bicyclic) bond motifs is 4. The minimum absolute atomic E-state index is 0.0560. The number of likely N-dealkylation sites (N-methyl/N-ethyl adjacent to an activating group) is 4. The summed E-state index contributed by atoms with van der Waals surface area (Å²) in [7, 11) is 3.95. The van der Waals surface area contributed by atoms with Crippen LogP contribution in [0.1, 0.15) is 95.8 Å². The molecule has 11 atom stereocenters. The van der Waals surface area contributed by atoms with Gasteiger partial charge in [0.05, 0.1) is 38.8 Å². The second-order valence-corrected chi connectivity index (χ2v) is 27.6. The van der Waals surface area contributed by atoms with Crippen LogP contribution in [0, 0.1) is 5.92 Å². The first kappa shape index (κ1) is 77.7. The van der Waals surface area contributed by atoms with E-state index in [1.165, 1.54) is 30.9 Å². The van der Waals surface area contributed by atoms with Crippen molar-refractivity contribution in [1.82, 2.24) is 70.9 Å². The molecule has 9 N–H and O–H groups in total. The number of nitrogens with zero attached hydrogens (tertiary/aromatic N) is 7. The Morgan fingerprint density at radius 2 is 1.23 bits per heavy atom. The number of aromatic nitrogens is 2. The van der Waals surface area contributed by atoms with Gasteiger partial charge in [0.15, 0.2) is 0 Å². The Bertz CT molecular complexity index is 3920. The van der Waals surface area contributed by atoms with Crippen LogP contribution in [0.3, 0.4) is 0 Å². The van der Waals surface area contributed by atoms with Gasteiger partial charge < -0.3 is 85.8 Å². The van der Waals surface area contributed by atoms with Crippen LogP contribution in [-0.2, 0) is 81.5 Å². The molecule has 29 nitrogen and oxygen atoms in total. The summed E-state index contributed by atoms with van der Waals surface area (Å²) in [6.45, 7) is 4.23. The zero-order valence-electron chi connectivity index (χ0n) is 59.5. The number of ether oxygens (including phenoxy) is 1. The first-order valence-corrected chi connectivity index (χ1v) is 35.9. The summed E-state index contributed by atoms with van der Waals surface area (Å²) in [5.41, 5.74) is 3.08. The van der Waals surface area contributed by atoms with Crippen molar-refractivity contribution in [3.63, 3.8) is 0 Å². The highest BCUT2D eigenvalue weighted by Gasteiger charge is 2.47. The topological polar surface area (TPSA) is 369 Å². The van der Waals surface area contributed by atoms with E-state index in [2.05, 4.69) is 36.6 Å². The molecule has 4 aliphatic rings. The van der Waals surface area contributed by atoms with E-state index in [-0.39, 0.29) is 58.3 Å². The van der Waals surface area contributed by atoms with Gasteiger partial charge in [0.25, 0.3) is 0 Å². The van der Waals surface area contributed by atoms with Crippen molar-refractivity contribution < 1.29 is 72.5 Å². The zero-order chi connectivity index (χ0) is 74.3. The van der Waals surface area contributed by atoms with Gasteiger partial charge in [0, 0.05) is 125 Å². The molecule has 556 valence electrons. The van der Waals surface area contributed by atoms with E-state index in [1.807, 2.05) is 42.5 Å². The van der Waals surface area contributed by atoms with Crippen LogP contribution in [0.2, 0.25) is 5.02 Å². The highest BCUT2D eigenvalue weighted by Crippen LogP contribution is 2.28. The van der Waals surface area contributed by atoms with Crippen molar-refractivity contribution >= 4 is 104 Å². The molecule has 103 heavy (non-hydrogen) atoms. The molecule has 30 heteroatoms. The number of aliphatic hydroxyl groups excluding tert-OH is 2. The highest BCUT2D eigenvalue weighted by atomic mass is 35.5. The maximum atomic E-state index is 15.5. The number of likely N-dealkylation sites (tertiary alicyclic amines) is 1. The van der Waals surface area contributed by atoms with E-state index in [0.717, 1.165) is 36.9 Å². The maximum absolute atomic E-state index is 15.5. The minimum Gasteiger partial charge on any atom is -0.394 e. The molecule has 0 aliphatic carbocycles. The molecule has 4 saturated heterocycles. The van der Waals surface area contributed by atoms with Crippen molar-refractivity contribution in [3.8, 4) is 0 Å². The number of piperidine rings is 1. The molecule has 6 heterocycles. The normalized spacial score (nSPS) is 25.5. The van der Waals surface area contributed by atoms with Crippen LogP contribution in [0.5, 0.6) is 0 Å². The number of benzene rings is 3. The maximum Gasteiger partial charge on any atom is 0.248 e. The lowest BCUT2D eigenvalue weighted by Gasteiger charge is -2.36. The van der Waals surface area contributed by atoms with Crippen molar-refractivity contribution in [2.45, 2.75) is 159 Å². The van der Waals surface area contributed by atoms with E-state index in [0.29, 0.717) is 71.4 Å². The Kier molecular flexibility index (Phi) is 26.9. The second kappa shape index (κ2) is 35.6. The average molecular weight is 1450 g/mol. The molecule has 0 spiro atoms. The van der Waals surface area contributed by atoms with Gasteiger partial charge in [0.1, 0.15) is 54.4 Å². The number of carbonyl (C=O) groups is 12. The molecular weight excluding hydrogens is 1350 g/mol. The Morgan fingerprint density at radius 3 is 1.85 bits per heavy atom. The Hall–Kier alpha value is -9.45. The first-order valence-electron chi connectivity index (χ1n) is 35.5. The van der Waals surface area contributed by atoms with E-state index in [4.69, 9.17) is 16.3 Å². The summed E-state index contributed by atoms with van der Waals surface area (Å²) in [6.07, 6.45) is 4.37. The van der Waals surface area contributed by atoms with Gasteiger partial charge in [-0.2, -0.15) is 0 Å². The smallest absolute Gasteiger partial charge is 0.248 e. The molecule has 4 fully saturated rings. The summed E-state index contributed by atoms with van der Waals surface area (Å²) >= 11 is 6.48. The number of hydrogen-bond acceptors (Lipinski definition) is 15. The van der Waals surface area contributed by atoms with E-state index in [1.54, 1.807) is 75.3 Å². The van der Waals surface area contributed by atoms with Crippen molar-refractivity contribution in [2.24, 2.45) is 5.92 Å². The fourth-order valence-corrected chi connectivity index (χ4v) is 14.4. The molecule has 0 bridgehead atoms. The van der Waals surface area contributed by atoms with Crippen LogP contribution in [0.4, 0.5) is 0 Å². The first-order chi connectivity index (χ1) is 49.4. The summed E-state index contributed by atoms with van der Waals surface area (Å²) in [6, 6.07) is 7.82. The lowest BCUT2D eigenvalue weighted by Crippen LogP contribution is -2.62. The second-order valence-electron chi connectivity index (χ2n) is 27.2. The third-order valence-electron chi connectivity index (χ3n) is 20.4. The largest absolute Gasteiger partial charge is 0.394 e. The van der Waals surface area contributed by atoms with Gasteiger partial charge in [-0.05, 0) is 92.8 Å². The number of carbonyl (C=O) groups excluding carboxylic acids is 12. The van der Waals surface area contributed by atoms with Crippen molar-refractivity contribution in [3.05, 3.63) is 107 Å². The van der Waals surface area contributed by atoms with Crippen LogP contribution in [0.15, 0.2) is 85.2 Å². The van der Waals surface area contributed by atoms with Gasteiger partial charge >= 0.3 is 0 Å². The summed E-state index contributed by atoms with van der Waals surface area (Å²) in [5, 5.41) is 37.6. The zero-order valence-corrected chi connectivity index (χ0v) is 60.2. The minimum atomic E-state index is -1.79. The van der Waals surface area contributed by atoms with Crippen LogP contribution >= 0.6 is 11.6 Å². The number of aromatic amines is 2. The quantitative estimate of drug-likeness (QED) is 0.0753. The number of amides is 12. The Balaban J connectivity index is 1.10. The number of aliphatic hydroxyl groups is 2. The molecule has 0 saturated carbocycles. The van der Waals surface area contributed by atoms with Gasteiger partial charge in [-0.1, -0.05) is 80.4 Å². The van der Waals surface area contributed by atoms with Gasteiger partial charge in [-0.15, -0.1) is 0 Å². The summed E-state index contributed by atoms with van der Waals surface area (Å²) in [5.74, 6) is -10.2.